The van der Waals surface area contributed by atoms with Gasteiger partial charge in [0, 0.05) is 18.5 Å². The van der Waals surface area contributed by atoms with Gasteiger partial charge in [-0.15, -0.1) is 0 Å². The average molecular weight is 322 g/mol. The van der Waals surface area contributed by atoms with E-state index in [0.717, 1.165) is 17.0 Å². The molecule has 1 amide bonds. The number of benzene rings is 2. The van der Waals surface area contributed by atoms with E-state index in [2.05, 4.69) is 10.3 Å². The topological polar surface area (TPSA) is 64.4 Å². The van der Waals surface area contributed by atoms with Gasteiger partial charge in [-0.25, -0.2) is 9.78 Å². The lowest BCUT2D eigenvalue weighted by Gasteiger charge is -2.05. The second-order valence-corrected chi connectivity index (χ2v) is 5.27. The van der Waals surface area contributed by atoms with Crippen molar-refractivity contribution in [3.8, 4) is 17.2 Å². The van der Waals surface area contributed by atoms with Crippen LogP contribution < -0.4 is 10.1 Å². The Morgan fingerprint density at radius 1 is 1.08 bits per heavy atom. The summed E-state index contributed by atoms with van der Waals surface area (Å²) in [6.07, 6.45) is 0.0946. The number of hydrogen-bond donors (Lipinski definition) is 1. The molecule has 0 saturated carbocycles. The van der Waals surface area contributed by atoms with Gasteiger partial charge in [0.15, 0.2) is 0 Å². The highest BCUT2D eigenvalue weighted by molar-refractivity contribution is 5.70. The third-order valence-electron chi connectivity index (χ3n) is 3.50. The van der Waals surface area contributed by atoms with Gasteiger partial charge >= 0.3 is 6.09 Å². The van der Waals surface area contributed by atoms with Crippen LogP contribution in [-0.4, -0.2) is 17.6 Å². The second-order valence-electron chi connectivity index (χ2n) is 5.27. The number of hydrogen-bond acceptors (Lipinski definition) is 4. The molecule has 5 heteroatoms. The summed E-state index contributed by atoms with van der Waals surface area (Å²) in [4.78, 5) is 16.2. The van der Waals surface area contributed by atoms with Crippen molar-refractivity contribution in [3.05, 3.63) is 72.1 Å². The van der Waals surface area contributed by atoms with Crippen LogP contribution in [0.25, 0.3) is 11.5 Å². The van der Waals surface area contributed by atoms with Crippen LogP contribution in [0.5, 0.6) is 5.75 Å². The summed E-state index contributed by atoms with van der Waals surface area (Å²) in [7, 11) is 0. The van der Waals surface area contributed by atoms with Crippen molar-refractivity contribution in [2.75, 3.05) is 6.54 Å². The molecule has 5 nitrogen and oxygen atoms in total. The maximum absolute atomic E-state index is 11.7. The third-order valence-corrected chi connectivity index (χ3v) is 3.50. The molecule has 0 atom stereocenters. The molecule has 1 aromatic heterocycles. The zero-order valence-corrected chi connectivity index (χ0v) is 13.4. The maximum Gasteiger partial charge on any atom is 0.412 e. The molecule has 0 aliphatic carbocycles. The summed E-state index contributed by atoms with van der Waals surface area (Å²) >= 11 is 0. The lowest BCUT2D eigenvalue weighted by molar-refractivity contribution is 0.200. The standard InChI is InChI=1S/C19H18N2O3/c1-14-17(21-18(23-14)15-8-4-2-5-9-15)12-13-20-19(22)24-16-10-6-3-7-11-16/h2-11H,12-13H2,1H3,(H,20,22). The molecule has 0 aliphatic heterocycles. The highest BCUT2D eigenvalue weighted by atomic mass is 16.6. The fourth-order valence-electron chi connectivity index (χ4n) is 2.28. The Hall–Kier alpha value is -3.08. The van der Waals surface area contributed by atoms with Gasteiger partial charge in [-0.05, 0) is 31.2 Å². The molecular weight excluding hydrogens is 304 g/mol. The van der Waals surface area contributed by atoms with Crippen molar-refractivity contribution >= 4 is 6.09 Å². The van der Waals surface area contributed by atoms with Crippen LogP contribution in [0.1, 0.15) is 11.5 Å². The number of aryl methyl sites for hydroxylation is 1. The zero-order chi connectivity index (χ0) is 16.8. The fourth-order valence-corrected chi connectivity index (χ4v) is 2.28. The average Bonchev–Trinajstić information content (AvgIpc) is 2.98. The number of rotatable bonds is 5. The Morgan fingerprint density at radius 3 is 2.46 bits per heavy atom. The second kappa shape index (κ2) is 7.46. The van der Waals surface area contributed by atoms with Crippen LogP contribution in [0.4, 0.5) is 4.79 Å². The first-order valence-electron chi connectivity index (χ1n) is 7.75. The predicted octanol–water partition coefficient (Wildman–Crippen LogP) is 3.98. The number of nitrogens with zero attached hydrogens (tertiary/aromatic N) is 1. The van der Waals surface area contributed by atoms with Crippen molar-refractivity contribution in [2.45, 2.75) is 13.3 Å². The summed E-state index contributed by atoms with van der Waals surface area (Å²) < 4.78 is 10.9. The quantitative estimate of drug-likeness (QED) is 0.771. The molecule has 0 aliphatic rings. The van der Waals surface area contributed by atoms with Gasteiger partial charge in [-0.1, -0.05) is 36.4 Å². The number of aromatic nitrogens is 1. The molecule has 3 rings (SSSR count). The minimum absolute atomic E-state index is 0.424. The number of para-hydroxylation sites is 1. The van der Waals surface area contributed by atoms with E-state index in [9.17, 15) is 4.79 Å². The van der Waals surface area contributed by atoms with Crippen molar-refractivity contribution in [1.29, 1.82) is 0 Å². The first kappa shape index (κ1) is 15.8. The van der Waals surface area contributed by atoms with E-state index in [1.165, 1.54) is 0 Å². The molecule has 0 radical (unpaired) electrons. The monoisotopic (exact) mass is 322 g/mol. The zero-order valence-electron chi connectivity index (χ0n) is 13.4. The smallest absolute Gasteiger partial charge is 0.412 e. The van der Waals surface area contributed by atoms with Crippen molar-refractivity contribution in [3.63, 3.8) is 0 Å². The van der Waals surface area contributed by atoms with E-state index in [-0.39, 0.29) is 0 Å². The van der Waals surface area contributed by atoms with Crippen LogP contribution in [0.15, 0.2) is 65.1 Å². The maximum atomic E-state index is 11.7. The predicted molar refractivity (Wildman–Crippen MR) is 90.8 cm³/mol. The number of oxazole rings is 1. The number of ether oxygens (including phenoxy) is 1. The molecule has 0 bridgehead atoms. The van der Waals surface area contributed by atoms with E-state index < -0.39 is 6.09 Å². The van der Waals surface area contributed by atoms with E-state index in [1.807, 2.05) is 55.5 Å². The first-order valence-corrected chi connectivity index (χ1v) is 7.75. The van der Waals surface area contributed by atoms with Gasteiger partial charge in [0.1, 0.15) is 11.5 Å². The lowest BCUT2D eigenvalue weighted by Crippen LogP contribution is -2.28. The van der Waals surface area contributed by atoms with Crippen molar-refractivity contribution in [1.82, 2.24) is 10.3 Å². The molecule has 0 spiro atoms. The SMILES string of the molecule is Cc1oc(-c2ccccc2)nc1CCNC(=O)Oc1ccccc1. The Labute approximate surface area is 140 Å². The molecule has 0 saturated heterocycles. The normalized spacial score (nSPS) is 10.4. The highest BCUT2D eigenvalue weighted by Crippen LogP contribution is 2.21. The van der Waals surface area contributed by atoms with Crippen molar-refractivity contribution < 1.29 is 13.9 Å². The molecular formula is C19H18N2O3. The Balaban J connectivity index is 1.54. The summed E-state index contributed by atoms with van der Waals surface area (Å²) in [6, 6.07) is 18.7. The molecule has 3 aromatic rings. The summed E-state index contributed by atoms with van der Waals surface area (Å²) in [5.41, 5.74) is 1.76. The molecule has 24 heavy (non-hydrogen) atoms. The lowest BCUT2D eigenvalue weighted by atomic mass is 10.2. The molecule has 1 N–H and O–H groups in total. The third kappa shape index (κ3) is 4.01. The van der Waals surface area contributed by atoms with E-state index >= 15 is 0 Å². The number of nitrogens with one attached hydrogen (secondary N) is 1. The molecule has 122 valence electrons. The molecule has 1 heterocycles. The first-order chi connectivity index (χ1) is 11.7. The summed E-state index contributed by atoms with van der Waals surface area (Å²) in [6.45, 7) is 2.30. The molecule has 2 aromatic carbocycles. The molecule has 0 fully saturated rings. The van der Waals surface area contributed by atoms with Crippen LogP contribution in [0.2, 0.25) is 0 Å². The van der Waals surface area contributed by atoms with Gasteiger partial charge in [-0.2, -0.15) is 0 Å². The van der Waals surface area contributed by atoms with Crippen LogP contribution in [-0.2, 0) is 6.42 Å². The van der Waals surface area contributed by atoms with Gasteiger partial charge in [0.25, 0.3) is 0 Å². The Morgan fingerprint density at radius 2 is 1.75 bits per heavy atom. The van der Waals surface area contributed by atoms with Gasteiger partial charge < -0.3 is 14.5 Å². The van der Waals surface area contributed by atoms with Crippen molar-refractivity contribution in [2.24, 2.45) is 0 Å². The Kier molecular flexibility index (Phi) is 4.91. The number of carbonyl (C=O) groups is 1. The van der Waals surface area contributed by atoms with Crippen LogP contribution in [0, 0.1) is 6.92 Å². The number of amides is 1. The van der Waals surface area contributed by atoms with Crippen LogP contribution >= 0.6 is 0 Å². The van der Waals surface area contributed by atoms with Crippen LogP contribution in [0.3, 0.4) is 0 Å². The Bertz CT molecular complexity index is 798. The summed E-state index contributed by atoms with van der Waals surface area (Å²) in [5.74, 6) is 1.86. The summed E-state index contributed by atoms with van der Waals surface area (Å²) in [5, 5.41) is 2.71. The van der Waals surface area contributed by atoms with E-state index in [1.54, 1.807) is 12.1 Å². The molecule has 0 unspecified atom stereocenters. The van der Waals surface area contributed by atoms with Gasteiger partial charge in [0.05, 0.1) is 5.69 Å². The highest BCUT2D eigenvalue weighted by Gasteiger charge is 2.11. The van der Waals surface area contributed by atoms with E-state index in [0.29, 0.717) is 24.6 Å². The largest absolute Gasteiger partial charge is 0.441 e. The minimum atomic E-state index is -0.481. The minimum Gasteiger partial charge on any atom is -0.441 e. The van der Waals surface area contributed by atoms with Gasteiger partial charge in [-0.3, -0.25) is 0 Å². The van der Waals surface area contributed by atoms with E-state index in [4.69, 9.17) is 9.15 Å². The fraction of sp³-hybridized carbons (Fsp3) is 0.158. The van der Waals surface area contributed by atoms with Gasteiger partial charge in [0.2, 0.25) is 5.89 Å². The number of carbonyl (C=O) groups excluding carboxylic acids is 1.